The maximum Gasteiger partial charge on any atom is 0.512 e. The van der Waals surface area contributed by atoms with E-state index in [1.165, 1.54) is 17.5 Å². The molecule has 0 aliphatic rings. The van der Waals surface area contributed by atoms with Crippen molar-refractivity contribution in [1.82, 2.24) is 9.97 Å². The molecule has 3 heterocycles. The fourth-order valence-corrected chi connectivity index (χ4v) is 5.10. The Bertz CT molecular complexity index is 1380. The fraction of sp³-hybridized carbons (Fsp3) is 0.182. The Morgan fingerprint density at radius 2 is 1.91 bits per heavy atom. The van der Waals surface area contributed by atoms with Crippen LogP contribution >= 0.6 is 11.3 Å². The number of thiophene rings is 1. The van der Waals surface area contributed by atoms with E-state index in [2.05, 4.69) is 35.5 Å². The van der Waals surface area contributed by atoms with Crippen LogP contribution in [0.4, 0.5) is 10.5 Å². The molecule has 3 aromatic heterocycles. The first-order chi connectivity index (χ1) is 15.0. The van der Waals surface area contributed by atoms with Gasteiger partial charge >= 0.3 is 6.16 Å². The van der Waals surface area contributed by atoms with Crippen molar-refractivity contribution in [1.29, 1.82) is 0 Å². The van der Waals surface area contributed by atoms with Crippen molar-refractivity contribution in [2.24, 2.45) is 0 Å². The summed E-state index contributed by atoms with van der Waals surface area (Å²) < 4.78 is 33.3. The van der Waals surface area contributed by atoms with Crippen molar-refractivity contribution in [3.63, 3.8) is 0 Å². The van der Waals surface area contributed by atoms with Gasteiger partial charge in [0.25, 0.3) is 10.0 Å². The van der Waals surface area contributed by atoms with Crippen molar-refractivity contribution >= 4 is 44.2 Å². The number of aromatic amines is 1. The number of fused-ring (bicyclic) bond motifs is 1. The number of anilines is 1. The molecule has 3 N–H and O–H groups in total. The standard InChI is InChI=1S/C22H21N3O5S2/c1-22(2,3)13-6-8-15(9-7-13)32(28,29)25-14-11-16-18(17-5-4-10-31-17)20(30-21(26)27)24-19(16)23-12-14/h4-12,25H,1-3H3,(H,23,24)(H,26,27). The van der Waals surface area contributed by atoms with Crippen molar-refractivity contribution in [3.05, 3.63) is 59.6 Å². The van der Waals surface area contributed by atoms with Gasteiger partial charge in [-0.1, -0.05) is 39.0 Å². The van der Waals surface area contributed by atoms with Crippen LogP contribution in [-0.2, 0) is 15.4 Å². The molecule has 0 unspecified atom stereocenters. The molecule has 166 valence electrons. The zero-order valence-corrected chi connectivity index (χ0v) is 19.2. The smallest absolute Gasteiger partial charge is 0.449 e. The zero-order valence-electron chi connectivity index (χ0n) is 17.5. The second-order valence-corrected chi connectivity index (χ2v) is 10.8. The first-order valence-electron chi connectivity index (χ1n) is 9.64. The molecule has 0 amide bonds. The number of hydrogen-bond donors (Lipinski definition) is 3. The molecule has 0 aliphatic heterocycles. The topological polar surface area (TPSA) is 121 Å². The number of aromatic nitrogens is 2. The van der Waals surface area contributed by atoms with Crippen molar-refractivity contribution in [2.45, 2.75) is 31.1 Å². The van der Waals surface area contributed by atoms with E-state index in [0.717, 1.165) is 10.4 Å². The summed E-state index contributed by atoms with van der Waals surface area (Å²) in [4.78, 5) is 19.1. The minimum atomic E-state index is -3.85. The lowest BCUT2D eigenvalue weighted by Gasteiger charge is -2.19. The highest BCUT2D eigenvalue weighted by molar-refractivity contribution is 7.92. The van der Waals surface area contributed by atoms with Crippen LogP contribution in [0.1, 0.15) is 26.3 Å². The maximum atomic E-state index is 12.9. The Morgan fingerprint density at radius 3 is 2.50 bits per heavy atom. The minimum Gasteiger partial charge on any atom is -0.449 e. The van der Waals surface area contributed by atoms with Gasteiger partial charge < -0.3 is 14.8 Å². The van der Waals surface area contributed by atoms with E-state index in [1.54, 1.807) is 30.3 Å². The molecular formula is C22H21N3O5S2. The quantitative estimate of drug-likeness (QED) is 0.333. The first-order valence-corrected chi connectivity index (χ1v) is 12.0. The number of H-pyrrole nitrogens is 1. The van der Waals surface area contributed by atoms with Crippen molar-refractivity contribution in [2.75, 3.05) is 4.72 Å². The molecule has 0 radical (unpaired) electrons. The van der Waals surface area contributed by atoms with E-state index in [0.29, 0.717) is 16.6 Å². The van der Waals surface area contributed by atoms with Gasteiger partial charge in [-0.3, -0.25) is 4.72 Å². The number of sulfonamides is 1. The number of benzene rings is 1. The molecule has 10 heteroatoms. The molecule has 0 aliphatic carbocycles. The van der Waals surface area contributed by atoms with Gasteiger partial charge in [0, 0.05) is 10.3 Å². The number of rotatable bonds is 5. The summed E-state index contributed by atoms with van der Waals surface area (Å²) in [6.07, 6.45) is -0.100. The summed E-state index contributed by atoms with van der Waals surface area (Å²) in [5.74, 6) is 0.0280. The van der Waals surface area contributed by atoms with Crippen LogP contribution in [-0.4, -0.2) is 29.6 Å². The molecule has 4 rings (SSSR count). The van der Waals surface area contributed by atoms with Crippen molar-refractivity contribution < 1.29 is 23.1 Å². The SMILES string of the molecule is CC(C)(C)c1ccc(S(=O)(=O)Nc2cnc3[nH]c(OC(=O)O)c(-c4cccs4)c3c2)cc1. The molecule has 0 fully saturated rings. The molecule has 4 aromatic rings. The average molecular weight is 472 g/mol. The summed E-state index contributed by atoms with van der Waals surface area (Å²) in [6, 6.07) is 12.0. The average Bonchev–Trinajstić information content (AvgIpc) is 3.33. The second-order valence-electron chi connectivity index (χ2n) is 8.17. The van der Waals surface area contributed by atoms with E-state index < -0.39 is 16.2 Å². The number of carbonyl (C=O) groups is 1. The lowest BCUT2D eigenvalue weighted by molar-refractivity contribution is 0.143. The largest absolute Gasteiger partial charge is 0.512 e. The summed E-state index contributed by atoms with van der Waals surface area (Å²) in [6.45, 7) is 6.17. The predicted octanol–water partition coefficient (Wildman–Crippen LogP) is 5.45. The monoisotopic (exact) mass is 471 g/mol. The minimum absolute atomic E-state index is 0.0280. The van der Waals surface area contributed by atoms with Gasteiger partial charge in [0.15, 0.2) is 0 Å². The Kier molecular flexibility index (Phi) is 5.43. The molecule has 0 atom stereocenters. The number of nitrogens with one attached hydrogen (secondary N) is 2. The molecule has 0 saturated carbocycles. The van der Waals surface area contributed by atoms with Crippen LogP contribution in [0.2, 0.25) is 0 Å². The number of pyridine rings is 1. The van der Waals surface area contributed by atoms with Gasteiger partial charge in [-0.15, -0.1) is 11.3 Å². The van der Waals surface area contributed by atoms with Gasteiger partial charge in [0.05, 0.1) is 22.3 Å². The highest BCUT2D eigenvalue weighted by Crippen LogP contribution is 2.40. The van der Waals surface area contributed by atoms with E-state index in [9.17, 15) is 13.2 Å². The summed E-state index contributed by atoms with van der Waals surface area (Å²) in [5.41, 5.74) is 2.06. The normalized spacial score (nSPS) is 12.1. The van der Waals surface area contributed by atoms with Gasteiger partial charge in [-0.25, -0.2) is 18.2 Å². The van der Waals surface area contributed by atoms with Gasteiger partial charge in [0.1, 0.15) is 5.65 Å². The van der Waals surface area contributed by atoms with Gasteiger partial charge in [-0.2, -0.15) is 0 Å². The van der Waals surface area contributed by atoms with Gasteiger partial charge in [0.2, 0.25) is 5.88 Å². The molecule has 32 heavy (non-hydrogen) atoms. The van der Waals surface area contributed by atoms with Crippen LogP contribution in [0, 0.1) is 0 Å². The third-order valence-corrected chi connectivity index (χ3v) is 7.14. The van der Waals surface area contributed by atoms with Crippen LogP contribution in [0.3, 0.4) is 0 Å². The zero-order chi connectivity index (χ0) is 23.1. The molecule has 0 saturated heterocycles. The predicted molar refractivity (Wildman–Crippen MR) is 124 cm³/mol. The number of carboxylic acid groups (broad SMARTS) is 1. The van der Waals surface area contributed by atoms with E-state index in [4.69, 9.17) is 9.84 Å². The van der Waals surface area contributed by atoms with Crippen LogP contribution in [0.25, 0.3) is 21.5 Å². The highest BCUT2D eigenvalue weighted by Gasteiger charge is 2.21. The molecular weight excluding hydrogens is 450 g/mol. The first kappa shape index (κ1) is 21.8. The number of ether oxygens (including phenoxy) is 1. The van der Waals surface area contributed by atoms with Crippen LogP contribution < -0.4 is 9.46 Å². The van der Waals surface area contributed by atoms with Crippen LogP contribution in [0.5, 0.6) is 5.88 Å². The highest BCUT2D eigenvalue weighted by atomic mass is 32.2. The number of hydrogen-bond acceptors (Lipinski definition) is 6. The lowest BCUT2D eigenvalue weighted by Crippen LogP contribution is -2.15. The molecule has 8 nitrogen and oxygen atoms in total. The summed E-state index contributed by atoms with van der Waals surface area (Å²) >= 11 is 1.40. The Labute approximate surface area is 189 Å². The van der Waals surface area contributed by atoms with Gasteiger partial charge in [-0.05, 0) is 40.6 Å². The summed E-state index contributed by atoms with van der Waals surface area (Å²) in [5, 5.41) is 11.4. The van der Waals surface area contributed by atoms with E-state index >= 15 is 0 Å². The Morgan fingerprint density at radius 1 is 1.19 bits per heavy atom. The second kappa shape index (κ2) is 7.95. The molecule has 1 aromatic carbocycles. The maximum absolute atomic E-state index is 12.9. The molecule has 0 bridgehead atoms. The number of nitrogens with zero attached hydrogens (tertiary/aromatic N) is 1. The lowest BCUT2D eigenvalue weighted by atomic mass is 9.87. The van der Waals surface area contributed by atoms with E-state index in [-0.39, 0.29) is 21.9 Å². The summed E-state index contributed by atoms with van der Waals surface area (Å²) in [7, 11) is -3.85. The Hall–Kier alpha value is -3.37. The van der Waals surface area contributed by atoms with Crippen molar-refractivity contribution in [3.8, 4) is 16.3 Å². The fourth-order valence-electron chi connectivity index (χ4n) is 3.28. The third kappa shape index (κ3) is 4.32. The van der Waals surface area contributed by atoms with E-state index in [1.807, 2.05) is 17.5 Å². The third-order valence-electron chi connectivity index (χ3n) is 4.86. The molecule has 0 spiro atoms. The van der Waals surface area contributed by atoms with Crippen LogP contribution in [0.15, 0.2) is 58.9 Å². The Balaban J connectivity index is 1.72.